The second-order valence-electron chi connectivity index (χ2n) is 6.23. The monoisotopic (exact) mass is 415 g/mol. The molecular weight excluding hydrogens is 394 g/mol. The van der Waals surface area contributed by atoms with Crippen LogP contribution in [0.2, 0.25) is 0 Å². The van der Waals surface area contributed by atoms with E-state index in [4.69, 9.17) is 9.47 Å². The predicted molar refractivity (Wildman–Crippen MR) is 112 cm³/mol. The summed E-state index contributed by atoms with van der Waals surface area (Å²) in [4.78, 5) is 16.8. The Morgan fingerprint density at radius 1 is 1.14 bits per heavy atom. The number of nitrogens with zero attached hydrogens (tertiary/aromatic N) is 1. The quantitative estimate of drug-likeness (QED) is 0.569. The van der Waals surface area contributed by atoms with Crippen LogP contribution in [-0.2, 0) is 14.8 Å². The molecule has 0 unspecified atom stereocenters. The molecule has 0 aliphatic heterocycles. The SMILES string of the molecule is CCOC(=O)c1cnc2ccc(OC)cc2c1Nc1cccc(NS(C)(=O)=O)c1. The summed E-state index contributed by atoms with van der Waals surface area (Å²) in [6.45, 7) is 1.95. The molecule has 0 atom stereocenters. The van der Waals surface area contributed by atoms with E-state index in [0.717, 1.165) is 6.26 Å². The number of sulfonamides is 1. The fourth-order valence-electron chi connectivity index (χ4n) is 2.82. The van der Waals surface area contributed by atoms with Crippen LogP contribution in [0.5, 0.6) is 5.75 Å². The molecule has 0 saturated heterocycles. The second kappa shape index (κ2) is 8.36. The van der Waals surface area contributed by atoms with Gasteiger partial charge in [0.15, 0.2) is 0 Å². The Labute approximate surface area is 168 Å². The molecule has 2 N–H and O–H groups in total. The number of pyridine rings is 1. The first-order chi connectivity index (χ1) is 13.8. The highest BCUT2D eigenvalue weighted by atomic mass is 32.2. The summed E-state index contributed by atoms with van der Waals surface area (Å²) in [6, 6.07) is 12.1. The smallest absolute Gasteiger partial charge is 0.341 e. The summed E-state index contributed by atoms with van der Waals surface area (Å²) in [7, 11) is -1.87. The molecule has 29 heavy (non-hydrogen) atoms. The van der Waals surface area contributed by atoms with Crippen LogP contribution in [0.3, 0.4) is 0 Å². The number of hydrogen-bond donors (Lipinski definition) is 2. The maximum absolute atomic E-state index is 12.5. The van der Waals surface area contributed by atoms with Crippen molar-refractivity contribution in [3.05, 3.63) is 54.2 Å². The number of nitrogens with one attached hydrogen (secondary N) is 2. The third-order valence-electron chi connectivity index (χ3n) is 4.01. The summed E-state index contributed by atoms with van der Waals surface area (Å²) in [6.07, 6.45) is 2.53. The van der Waals surface area contributed by atoms with Crippen molar-refractivity contribution >= 4 is 44.0 Å². The van der Waals surface area contributed by atoms with Crippen molar-refractivity contribution in [2.45, 2.75) is 6.92 Å². The number of carbonyl (C=O) groups is 1. The van der Waals surface area contributed by atoms with Gasteiger partial charge in [-0.3, -0.25) is 9.71 Å². The summed E-state index contributed by atoms with van der Waals surface area (Å²) < 4.78 is 35.9. The molecule has 0 saturated carbocycles. The molecule has 2 aromatic carbocycles. The number of esters is 1. The molecule has 0 bridgehead atoms. The first kappa shape index (κ1) is 20.4. The highest BCUT2D eigenvalue weighted by Crippen LogP contribution is 2.32. The molecule has 152 valence electrons. The average Bonchev–Trinajstić information content (AvgIpc) is 2.67. The van der Waals surface area contributed by atoms with E-state index in [-0.39, 0.29) is 12.2 Å². The number of fused-ring (bicyclic) bond motifs is 1. The molecule has 1 heterocycles. The van der Waals surface area contributed by atoms with Gasteiger partial charge in [-0.25, -0.2) is 13.2 Å². The fourth-order valence-corrected chi connectivity index (χ4v) is 3.37. The number of methoxy groups -OCH3 is 1. The Morgan fingerprint density at radius 3 is 2.59 bits per heavy atom. The zero-order chi connectivity index (χ0) is 21.0. The van der Waals surface area contributed by atoms with Crippen LogP contribution in [0, 0.1) is 0 Å². The minimum absolute atomic E-state index is 0.224. The Morgan fingerprint density at radius 2 is 1.90 bits per heavy atom. The van der Waals surface area contributed by atoms with Gasteiger partial charge < -0.3 is 14.8 Å². The lowest BCUT2D eigenvalue weighted by atomic mass is 10.1. The Balaban J connectivity index is 2.12. The van der Waals surface area contributed by atoms with Gasteiger partial charge in [-0.1, -0.05) is 6.07 Å². The van der Waals surface area contributed by atoms with Crippen molar-refractivity contribution < 1.29 is 22.7 Å². The lowest BCUT2D eigenvalue weighted by molar-refractivity contribution is 0.0527. The molecule has 3 aromatic rings. The number of rotatable bonds is 7. The molecule has 8 nitrogen and oxygen atoms in total. The lowest BCUT2D eigenvalue weighted by Gasteiger charge is -2.15. The van der Waals surface area contributed by atoms with Crippen molar-refractivity contribution in [1.29, 1.82) is 0 Å². The Bertz CT molecular complexity index is 1160. The highest BCUT2D eigenvalue weighted by Gasteiger charge is 2.18. The van der Waals surface area contributed by atoms with Gasteiger partial charge >= 0.3 is 5.97 Å². The van der Waals surface area contributed by atoms with Crippen molar-refractivity contribution in [3.8, 4) is 5.75 Å². The van der Waals surface area contributed by atoms with Crippen LogP contribution in [-0.4, -0.2) is 39.3 Å². The number of hydrogen-bond acceptors (Lipinski definition) is 7. The first-order valence-electron chi connectivity index (χ1n) is 8.79. The van der Waals surface area contributed by atoms with Gasteiger partial charge in [0.2, 0.25) is 10.0 Å². The molecule has 0 fully saturated rings. The van der Waals surface area contributed by atoms with E-state index in [1.807, 2.05) is 0 Å². The number of ether oxygens (including phenoxy) is 2. The van der Waals surface area contributed by atoms with E-state index >= 15 is 0 Å². The summed E-state index contributed by atoms with van der Waals surface area (Å²) in [5.41, 5.74) is 2.38. The van der Waals surface area contributed by atoms with Crippen LogP contribution in [0.15, 0.2) is 48.7 Å². The molecule has 0 aliphatic carbocycles. The second-order valence-corrected chi connectivity index (χ2v) is 7.98. The molecule has 0 amide bonds. The molecule has 9 heteroatoms. The van der Waals surface area contributed by atoms with Gasteiger partial charge in [0, 0.05) is 17.3 Å². The van der Waals surface area contributed by atoms with Crippen LogP contribution < -0.4 is 14.8 Å². The number of aromatic nitrogens is 1. The Kier molecular flexibility index (Phi) is 5.88. The highest BCUT2D eigenvalue weighted by molar-refractivity contribution is 7.92. The third kappa shape index (κ3) is 4.94. The largest absolute Gasteiger partial charge is 0.497 e. The van der Waals surface area contributed by atoms with E-state index in [9.17, 15) is 13.2 Å². The van der Waals surface area contributed by atoms with E-state index in [2.05, 4.69) is 15.0 Å². The predicted octanol–water partition coefficient (Wildman–Crippen LogP) is 3.54. The Hall–Kier alpha value is -3.33. The van der Waals surface area contributed by atoms with Crippen molar-refractivity contribution in [2.24, 2.45) is 0 Å². The molecule has 0 aliphatic rings. The van der Waals surface area contributed by atoms with Crippen molar-refractivity contribution in [3.63, 3.8) is 0 Å². The fraction of sp³-hybridized carbons (Fsp3) is 0.200. The van der Waals surface area contributed by atoms with Gasteiger partial charge in [-0.2, -0.15) is 0 Å². The molecule has 0 radical (unpaired) electrons. The lowest BCUT2D eigenvalue weighted by Crippen LogP contribution is -2.10. The zero-order valence-electron chi connectivity index (χ0n) is 16.2. The van der Waals surface area contributed by atoms with Crippen molar-refractivity contribution in [1.82, 2.24) is 4.98 Å². The number of anilines is 3. The topological polar surface area (TPSA) is 107 Å². The minimum Gasteiger partial charge on any atom is -0.497 e. The van der Waals surface area contributed by atoms with Crippen LogP contribution in [0.4, 0.5) is 17.1 Å². The normalized spacial score (nSPS) is 11.1. The van der Waals surface area contributed by atoms with E-state index in [1.54, 1.807) is 56.5 Å². The van der Waals surface area contributed by atoms with Gasteiger partial charge in [0.25, 0.3) is 0 Å². The van der Waals surface area contributed by atoms with Crippen LogP contribution in [0.1, 0.15) is 17.3 Å². The molecule has 3 rings (SSSR count). The summed E-state index contributed by atoms with van der Waals surface area (Å²) in [5, 5.41) is 3.86. The molecular formula is C20H21N3O5S. The van der Waals surface area contributed by atoms with Gasteiger partial charge in [0.1, 0.15) is 11.3 Å². The maximum Gasteiger partial charge on any atom is 0.341 e. The van der Waals surface area contributed by atoms with Gasteiger partial charge in [-0.05, 0) is 43.3 Å². The third-order valence-corrected chi connectivity index (χ3v) is 4.61. The van der Waals surface area contributed by atoms with Gasteiger partial charge in [-0.15, -0.1) is 0 Å². The number of carbonyl (C=O) groups excluding carboxylic acids is 1. The minimum atomic E-state index is -3.42. The van der Waals surface area contributed by atoms with Crippen LogP contribution in [0.25, 0.3) is 10.9 Å². The van der Waals surface area contributed by atoms with Crippen LogP contribution >= 0.6 is 0 Å². The van der Waals surface area contributed by atoms with E-state index in [0.29, 0.717) is 33.7 Å². The summed E-state index contributed by atoms with van der Waals surface area (Å²) in [5.74, 6) is 0.0912. The van der Waals surface area contributed by atoms with E-state index < -0.39 is 16.0 Å². The zero-order valence-corrected chi connectivity index (χ0v) is 17.0. The molecule has 1 aromatic heterocycles. The summed E-state index contributed by atoms with van der Waals surface area (Å²) >= 11 is 0. The van der Waals surface area contributed by atoms with E-state index in [1.165, 1.54) is 6.20 Å². The van der Waals surface area contributed by atoms with Crippen molar-refractivity contribution in [2.75, 3.05) is 30.0 Å². The standard InChI is InChI=1S/C20H21N3O5S/c1-4-28-20(24)17-12-21-18-9-8-15(27-2)11-16(18)19(17)22-13-6-5-7-14(10-13)23-29(3,25)26/h5-12,23H,4H2,1-3H3,(H,21,22). The molecule has 0 spiro atoms. The van der Waals surface area contributed by atoms with Gasteiger partial charge in [0.05, 0.1) is 36.9 Å². The average molecular weight is 415 g/mol. The number of benzene rings is 2. The maximum atomic E-state index is 12.5. The first-order valence-corrected chi connectivity index (χ1v) is 10.7.